The molecular formula is C32H28N6O4. The minimum atomic E-state index is -0.473. The molecule has 2 aliphatic heterocycles. The molecule has 3 aromatic carbocycles. The van der Waals surface area contributed by atoms with Crippen LogP contribution in [0.4, 0.5) is 17.1 Å². The largest absolute Gasteiger partial charge is 0.354 e. The first-order valence-corrected chi connectivity index (χ1v) is 13.7. The van der Waals surface area contributed by atoms with E-state index < -0.39 is 4.92 Å². The lowest BCUT2D eigenvalue weighted by Gasteiger charge is -2.26. The van der Waals surface area contributed by atoms with Gasteiger partial charge in [0.1, 0.15) is 0 Å². The van der Waals surface area contributed by atoms with Gasteiger partial charge in [-0.2, -0.15) is 0 Å². The fourth-order valence-electron chi connectivity index (χ4n) is 5.19. The van der Waals surface area contributed by atoms with Crippen LogP contribution in [0, 0.1) is 10.1 Å². The van der Waals surface area contributed by atoms with Crippen molar-refractivity contribution in [3.63, 3.8) is 0 Å². The average molecular weight is 561 g/mol. The summed E-state index contributed by atoms with van der Waals surface area (Å²) in [5, 5.41) is 17.8. The number of imidazole rings is 1. The van der Waals surface area contributed by atoms with Crippen LogP contribution in [0.2, 0.25) is 0 Å². The Morgan fingerprint density at radius 3 is 2.55 bits per heavy atom. The van der Waals surface area contributed by atoms with Gasteiger partial charge < -0.3 is 20.5 Å². The van der Waals surface area contributed by atoms with Crippen molar-refractivity contribution in [1.82, 2.24) is 14.9 Å². The van der Waals surface area contributed by atoms with Crippen molar-refractivity contribution in [3.05, 3.63) is 117 Å². The first-order valence-electron chi connectivity index (χ1n) is 13.7. The summed E-state index contributed by atoms with van der Waals surface area (Å²) in [6, 6.07) is 19.8. The fourth-order valence-corrected chi connectivity index (χ4v) is 5.19. The summed E-state index contributed by atoms with van der Waals surface area (Å²) < 4.78 is 0. The predicted octanol–water partition coefficient (Wildman–Crippen LogP) is 5.93. The van der Waals surface area contributed by atoms with Crippen molar-refractivity contribution in [2.24, 2.45) is 0 Å². The molecule has 2 aliphatic rings. The Balaban J connectivity index is 1.35. The number of hydrogen-bond donors (Lipinski definition) is 3. The zero-order valence-electron chi connectivity index (χ0n) is 22.7. The van der Waals surface area contributed by atoms with E-state index in [-0.39, 0.29) is 17.5 Å². The summed E-state index contributed by atoms with van der Waals surface area (Å²) in [6.45, 7) is 1.28. The van der Waals surface area contributed by atoms with Crippen LogP contribution in [-0.2, 0) is 16.1 Å². The van der Waals surface area contributed by atoms with E-state index in [4.69, 9.17) is 0 Å². The average Bonchev–Trinajstić information content (AvgIpc) is 3.64. The number of anilines is 2. The number of hydrogen-bond acceptors (Lipinski definition) is 6. The number of piperidine rings is 1. The number of aromatic nitrogens is 2. The number of benzene rings is 3. The number of carbonyl (C=O) groups is 2. The molecule has 0 spiro atoms. The first kappa shape index (κ1) is 26.7. The Bertz CT molecular complexity index is 1710. The van der Waals surface area contributed by atoms with Crippen LogP contribution in [0.5, 0.6) is 0 Å². The molecule has 0 aliphatic carbocycles. The lowest BCUT2D eigenvalue weighted by molar-refractivity contribution is -0.384. The maximum Gasteiger partial charge on any atom is 0.270 e. The van der Waals surface area contributed by atoms with E-state index in [1.807, 2.05) is 65.6 Å². The second-order valence-electron chi connectivity index (χ2n) is 10.2. The van der Waals surface area contributed by atoms with Gasteiger partial charge in [0.15, 0.2) is 0 Å². The highest BCUT2D eigenvalue weighted by atomic mass is 16.6. The molecule has 1 fully saturated rings. The number of rotatable bonds is 8. The smallest absolute Gasteiger partial charge is 0.270 e. The monoisotopic (exact) mass is 560 g/mol. The maximum absolute atomic E-state index is 13.3. The third-order valence-electron chi connectivity index (χ3n) is 7.39. The van der Waals surface area contributed by atoms with Crippen molar-refractivity contribution in [3.8, 4) is 0 Å². The lowest BCUT2D eigenvalue weighted by Crippen LogP contribution is -2.34. The van der Waals surface area contributed by atoms with Crippen molar-refractivity contribution in [2.45, 2.75) is 25.8 Å². The minimum Gasteiger partial charge on any atom is -0.354 e. The highest BCUT2D eigenvalue weighted by Gasteiger charge is 2.30. The molecule has 10 heteroatoms. The predicted molar refractivity (Wildman–Crippen MR) is 162 cm³/mol. The molecule has 0 bridgehead atoms. The molecule has 42 heavy (non-hydrogen) atoms. The SMILES string of the molecule is O=C1Nc2ccc([N+](=O)[O-])cc2C1=C(Nc1ccc(C=Cc2c[nH]cn2)cc1)c1ccc(CN2CCCCC2=O)cc1. The Kier molecular flexibility index (Phi) is 7.33. The lowest BCUT2D eigenvalue weighted by atomic mass is 9.98. The van der Waals surface area contributed by atoms with E-state index in [1.54, 1.807) is 18.6 Å². The molecule has 210 valence electrons. The van der Waals surface area contributed by atoms with Gasteiger partial charge in [-0.25, -0.2) is 4.98 Å². The minimum absolute atomic E-state index is 0.100. The Morgan fingerprint density at radius 1 is 1.02 bits per heavy atom. The van der Waals surface area contributed by atoms with E-state index in [0.717, 1.165) is 47.5 Å². The topological polar surface area (TPSA) is 133 Å². The van der Waals surface area contributed by atoms with Crippen molar-refractivity contribution >= 4 is 52.3 Å². The number of non-ortho nitro benzene ring substituents is 1. The number of aromatic amines is 1. The van der Waals surface area contributed by atoms with Crippen LogP contribution in [0.15, 0.2) is 79.3 Å². The van der Waals surface area contributed by atoms with Gasteiger partial charge in [-0.15, -0.1) is 0 Å². The molecule has 0 unspecified atom stereocenters. The first-order chi connectivity index (χ1) is 20.4. The number of nitrogens with one attached hydrogen (secondary N) is 3. The van der Waals surface area contributed by atoms with E-state index in [1.165, 1.54) is 12.1 Å². The third kappa shape index (κ3) is 5.68. The van der Waals surface area contributed by atoms with Crippen LogP contribution >= 0.6 is 0 Å². The molecule has 10 nitrogen and oxygen atoms in total. The van der Waals surface area contributed by atoms with Crippen molar-refractivity contribution < 1.29 is 14.5 Å². The maximum atomic E-state index is 13.3. The number of nitro groups is 1. The molecule has 1 aromatic heterocycles. The fraction of sp³-hybridized carbons (Fsp3) is 0.156. The highest BCUT2D eigenvalue weighted by molar-refractivity contribution is 6.37. The van der Waals surface area contributed by atoms with Gasteiger partial charge in [-0.1, -0.05) is 42.5 Å². The van der Waals surface area contributed by atoms with E-state index >= 15 is 0 Å². The Labute approximate surface area is 241 Å². The number of H-pyrrole nitrogens is 1. The van der Waals surface area contributed by atoms with E-state index in [9.17, 15) is 19.7 Å². The van der Waals surface area contributed by atoms with Gasteiger partial charge in [-0.3, -0.25) is 19.7 Å². The van der Waals surface area contributed by atoms with Crippen LogP contribution in [0.1, 0.15) is 47.2 Å². The van der Waals surface area contributed by atoms with Crippen LogP contribution in [0.3, 0.4) is 0 Å². The van der Waals surface area contributed by atoms with Gasteiger partial charge >= 0.3 is 0 Å². The van der Waals surface area contributed by atoms with Crippen LogP contribution in [0.25, 0.3) is 23.4 Å². The summed E-state index contributed by atoms with van der Waals surface area (Å²) in [7, 11) is 0. The van der Waals surface area contributed by atoms with Gasteiger partial charge in [-0.05, 0) is 53.8 Å². The number of fused-ring (bicyclic) bond motifs is 1. The number of carbonyl (C=O) groups excluding carboxylic acids is 2. The van der Waals surface area contributed by atoms with Gasteiger partial charge in [0.05, 0.1) is 28.2 Å². The second-order valence-corrected chi connectivity index (χ2v) is 10.2. The molecule has 3 N–H and O–H groups in total. The number of nitro benzene ring substituents is 1. The quantitative estimate of drug-likeness (QED) is 0.139. The van der Waals surface area contributed by atoms with Crippen molar-refractivity contribution in [2.75, 3.05) is 17.2 Å². The second kappa shape index (κ2) is 11.5. The zero-order chi connectivity index (χ0) is 29.1. The summed E-state index contributed by atoms with van der Waals surface area (Å²) in [5.41, 5.74) is 5.95. The number of likely N-dealkylation sites (tertiary alicyclic amines) is 1. The number of nitrogens with zero attached hydrogens (tertiary/aromatic N) is 3. The zero-order valence-corrected chi connectivity index (χ0v) is 22.7. The van der Waals surface area contributed by atoms with Gasteiger partial charge in [0, 0.05) is 54.8 Å². The Morgan fingerprint density at radius 2 is 1.83 bits per heavy atom. The third-order valence-corrected chi connectivity index (χ3v) is 7.39. The van der Waals surface area contributed by atoms with Gasteiger partial charge in [0.2, 0.25) is 5.91 Å². The van der Waals surface area contributed by atoms with Gasteiger partial charge in [0.25, 0.3) is 11.6 Å². The Hall–Kier alpha value is -5.51. The van der Waals surface area contributed by atoms with Crippen LogP contribution in [-0.4, -0.2) is 38.2 Å². The molecule has 3 heterocycles. The summed E-state index contributed by atoms with van der Waals surface area (Å²) in [5.74, 6) is -0.187. The molecule has 2 amide bonds. The standard InChI is InChI=1S/C32H28N6O4/c39-29-3-1-2-16-37(29)19-22-4-9-23(10-5-22)31(30-27-17-26(38(41)42)14-15-28(27)36-32(30)40)35-24-11-6-21(7-12-24)8-13-25-18-33-20-34-25/h4-15,17-18,20,35H,1-3,16,19H2,(H,33,34)(H,36,40). The molecule has 0 atom stereocenters. The van der Waals surface area contributed by atoms with Crippen molar-refractivity contribution in [1.29, 1.82) is 0 Å². The molecule has 0 radical (unpaired) electrons. The number of amides is 2. The van der Waals surface area contributed by atoms with E-state index in [2.05, 4.69) is 20.6 Å². The normalized spacial score (nSPS) is 16.0. The molecule has 0 saturated carbocycles. The highest BCUT2D eigenvalue weighted by Crippen LogP contribution is 2.39. The molecule has 4 aromatic rings. The summed E-state index contributed by atoms with van der Waals surface area (Å²) in [4.78, 5) is 45.7. The summed E-state index contributed by atoms with van der Waals surface area (Å²) in [6.07, 6.45) is 9.78. The summed E-state index contributed by atoms with van der Waals surface area (Å²) >= 11 is 0. The molecule has 6 rings (SSSR count). The van der Waals surface area contributed by atoms with E-state index in [0.29, 0.717) is 35.5 Å². The molecular weight excluding hydrogens is 532 g/mol. The molecule has 1 saturated heterocycles. The van der Waals surface area contributed by atoms with Crippen LogP contribution < -0.4 is 10.6 Å².